The number of carbonyl (C=O) groups excluding carboxylic acids is 1. The summed E-state index contributed by atoms with van der Waals surface area (Å²) in [6.07, 6.45) is 69.7. The average molecular weight is 1640 g/mol. The number of unbranched alkanes of at least 4 members (excludes halogenated alkanes) is 67. The summed E-state index contributed by atoms with van der Waals surface area (Å²) in [5.41, 5.74) is 0. The van der Waals surface area contributed by atoms with Crippen molar-refractivity contribution >= 4 is 5.91 Å². The minimum absolute atomic E-state index is 0.251. The SMILES string of the molecule is CCCCCCCCCCCCCCCCCCCCCCCCCCCCCCC/C=C/C(O)C(COC1OC(CO)C(OC2OC(CO)C(OC3OC(CO)C(O)C(O)C3O)C(O)C2O)C(O)C1O)NC(=O)CCCCCCCCCCCCCCCCCCCCCCCCCCCCCCCCCCCCCCCCC. The number of ether oxygens (including phenoxy) is 6. The third-order valence-corrected chi connectivity index (χ3v) is 25.1. The smallest absolute Gasteiger partial charge is 0.220 e. The Bertz CT molecular complexity index is 2110. The van der Waals surface area contributed by atoms with E-state index in [9.17, 15) is 61.0 Å². The van der Waals surface area contributed by atoms with Crippen LogP contribution in [-0.4, -0.2) is 193 Å². The Balaban J connectivity index is 1.28. The van der Waals surface area contributed by atoms with E-state index in [2.05, 4.69) is 19.2 Å². The molecule has 0 saturated carbocycles. The Kier molecular flexibility index (Phi) is 71.4. The summed E-state index contributed by atoms with van der Waals surface area (Å²) in [6.45, 7) is 1.83. The van der Waals surface area contributed by atoms with Gasteiger partial charge in [-0.2, -0.15) is 0 Å². The molecular weight excluding hydrogens is 1460 g/mol. The van der Waals surface area contributed by atoms with Crippen LogP contribution in [0.1, 0.15) is 463 Å². The van der Waals surface area contributed by atoms with Crippen molar-refractivity contribution in [2.45, 2.75) is 568 Å². The first-order chi connectivity index (χ1) is 56.3. The van der Waals surface area contributed by atoms with Gasteiger partial charge in [-0.1, -0.05) is 450 Å². The molecule has 3 rings (SSSR count). The van der Waals surface area contributed by atoms with Gasteiger partial charge in [-0.25, -0.2) is 0 Å². The van der Waals surface area contributed by atoms with Crippen LogP contribution in [0.5, 0.6) is 0 Å². The van der Waals surface area contributed by atoms with E-state index < -0.39 is 124 Å². The highest BCUT2D eigenvalue weighted by Crippen LogP contribution is 2.34. The average Bonchev–Trinajstić information content (AvgIpc) is 0.778. The second-order valence-electron chi connectivity index (χ2n) is 35.6. The van der Waals surface area contributed by atoms with Gasteiger partial charge in [0, 0.05) is 6.42 Å². The minimum Gasteiger partial charge on any atom is -0.394 e. The van der Waals surface area contributed by atoms with E-state index in [1.807, 2.05) is 6.08 Å². The second kappa shape index (κ2) is 76.2. The molecule has 3 fully saturated rings. The van der Waals surface area contributed by atoms with Crippen LogP contribution in [0.3, 0.4) is 0 Å². The molecular formula is C96H185NO18. The van der Waals surface area contributed by atoms with Gasteiger partial charge in [0.1, 0.15) is 73.2 Å². The molecule has 0 aromatic heterocycles. The van der Waals surface area contributed by atoms with Crippen molar-refractivity contribution in [3.8, 4) is 0 Å². The predicted molar refractivity (Wildman–Crippen MR) is 467 cm³/mol. The molecule has 0 radical (unpaired) electrons. The molecule has 0 aliphatic carbocycles. The fourth-order valence-corrected chi connectivity index (χ4v) is 17.3. The van der Waals surface area contributed by atoms with Crippen LogP contribution in [-0.2, 0) is 33.2 Å². The largest absolute Gasteiger partial charge is 0.394 e. The first-order valence-corrected chi connectivity index (χ1v) is 49.4. The molecule has 0 spiro atoms. The van der Waals surface area contributed by atoms with Crippen LogP contribution in [0, 0.1) is 0 Å². The number of hydrogen-bond acceptors (Lipinski definition) is 18. The van der Waals surface area contributed by atoms with Crippen molar-refractivity contribution in [2.24, 2.45) is 0 Å². The van der Waals surface area contributed by atoms with Crippen LogP contribution in [0.15, 0.2) is 12.2 Å². The number of rotatable bonds is 83. The van der Waals surface area contributed by atoms with Gasteiger partial charge in [0.25, 0.3) is 0 Å². The Morgan fingerprint density at radius 3 is 0.817 bits per heavy atom. The van der Waals surface area contributed by atoms with Gasteiger partial charge in [-0.15, -0.1) is 0 Å². The summed E-state index contributed by atoms with van der Waals surface area (Å²) in [4.78, 5) is 13.5. The zero-order valence-corrected chi connectivity index (χ0v) is 74.1. The Hall–Kier alpha value is -1.47. The fraction of sp³-hybridized carbons (Fsp3) is 0.969. The van der Waals surface area contributed by atoms with E-state index in [0.717, 1.165) is 44.9 Å². The van der Waals surface area contributed by atoms with Crippen LogP contribution in [0.2, 0.25) is 0 Å². The van der Waals surface area contributed by atoms with Crippen LogP contribution < -0.4 is 5.32 Å². The molecule has 0 aromatic carbocycles. The van der Waals surface area contributed by atoms with Gasteiger partial charge < -0.3 is 89.9 Å². The normalized spacial score (nSPS) is 24.5. The van der Waals surface area contributed by atoms with Gasteiger partial charge in [0.15, 0.2) is 18.9 Å². The highest BCUT2D eigenvalue weighted by molar-refractivity contribution is 5.76. The number of aliphatic hydroxyl groups is 11. The van der Waals surface area contributed by atoms with E-state index in [0.29, 0.717) is 6.42 Å². The zero-order valence-electron chi connectivity index (χ0n) is 74.1. The van der Waals surface area contributed by atoms with Crippen LogP contribution in [0.4, 0.5) is 0 Å². The maximum absolute atomic E-state index is 13.5. The summed E-state index contributed by atoms with van der Waals surface area (Å²) < 4.78 is 34.6. The molecule has 115 heavy (non-hydrogen) atoms. The molecule has 19 heteroatoms. The van der Waals surface area contributed by atoms with Crippen molar-refractivity contribution in [1.82, 2.24) is 5.32 Å². The van der Waals surface area contributed by atoms with Gasteiger partial charge in [0.2, 0.25) is 5.91 Å². The number of nitrogens with one attached hydrogen (secondary N) is 1. The van der Waals surface area contributed by atoms with Gasteiger partial charge in [-0.3, -0.25) is 4.79 Å². The monoisotopic (exact) mass is 1640 g/mol. The molecule has 17 atom stereocenters. The van der Waals surface area contributed by atoms with E-state index in [1.54, 1.807) is 6.08 Å². The number of carbonyl (C=O) groups is 1. The van der Waals surface area contributed by atoms with E-state index in [4.69, 9.17) is 28.4 Å². The number of amides is 1. The first-order valence-electron chi connectivity index (χ1n) is 49.4. The number of hydrogen-bond donors (Lipinski definition) is 12. The zero-order chi connectivity index (χ0) is 83.1. The summed E-state index contributed by atoms with van der Waals surface area (Å²) in [7, 11) is 0. The van der Waals surface area contributed by atoms with Crippen molar-refractivity contribution in [3.05, 3.63) is 12.2 Å². The second-order valence-corrected chi connectivity index (χ2v) is 35.6. The Morgan fingerprint density at radius 1 is 0.304 bits per heavy atom. The lowest BCUT2D eigenvalue weighted by atomic mass is 9.96. The van der Waals surface area contributed by atoms with E-state index in [-0.39, 0.29) is 18.9 Å². The molecule has 3 aliphatic rings. The topological polar surface area (TPSA) is 307 Å². The van der Waals surface area contributed by atoms with Gasteiger partial charge in [-0.05, 0) is 19.3 Å². The maximum atomic E-state index is 13.5. The number of aliphatic hydroxyl groups excluding tert-OH is 11. The quantitative estimate of drug-likeness (QED) is 0.0199. The first kappa shape index (κ1) is 108. The Morgan fingerprint density at radius 2 is 0.539 bits per heavy atom. The molecule has 19 nitrogen and oxygen atoms in total. The van der Waals surface area contributed by atoms with Crippen molar-refractivity contribution < 1.29 is 89.4 Å². The summed E-state index contributed by atoms with van der Waals surface area (Å²) in [6, 6.07) is -0.972. The van der Waals surface area contributed by atoms with Crippen molar-refractivity contribution in [2.75, 3.05) is 26.4 Å². The highest BCUT2D eigenvalue weighted by atomic mass is 16.8. The van der Waals surface area contributed by atoms with E-state index in [1.165, 1.54) is 392 Å². The fourth-order valence-electron chi connectivity index (χ4n) is 17.3. The summed E-state index contributed by atoms with van der Waals surface area (Å²) in [5.74, 6) is -0.263. The van der Waals surface area contributed by atoms with Crippen LogP contribution in [0.25, 0.3) is 0 Å². The van der Waals surface area contributed by atoms with Gasteiger partial charge in [0.05, 0.1) is 38.6 Å². The molecule has 3 heterocycles. The highest BCUT2D eigenvalue weighted by Gasteiger charge is 2.54. The summed E-state index contributed by atoms with van der Waals surface area (Å²) >= 11 is 0. The third kappa shape index (κ3) is 54.0. The number of allylic oxidation sites excluding steroid dienone is 1. The lowest BCUT2D eigenvalue weighted by Crippen LogP contribution is -2.66. The summed E-state index contributed by atoms with van der Waals surface area (Å²) in [5, 5.41) is 121. The predicted octanol–water partition coefficient (Wildman–Crippen LogP) is 20.2. The molecule has 0 aromatic rings. The third-order valence-electron chi connectivity index (χ3n) is 25.1. The standard InChI is InChI=1S/C96H185NO18/c1-3-5-7-9-11-13-15-17-19-21-23-25-27-29-31-33-35-36-37-38-39-40-41-42-44-46-48-50-52-54-56-58-60-62-64-66-68-70-72-74-84(102)97-79(80(101)73-71-69-67-65-63-61-59-57-55-53-51-49-47-45-43-34-32-30-28-26-24-22-20-18-16-14-12-10-8-6-4-2)78-110-94-90(108)87(105)92(82(76-99)112-94)115-96-91(109)88(106)93(83(77-100)113-96)114-95-89(107)86(104)85(103)81(75-98)111-95/h71,73,79-83,85-96,98-101,103-109H,3-70,72,74-78H2,1-2H3,(H,97,102)/b73-71+. The molecule has 0 bridgehead atoms. The lowest BCUT2D eigenvalue weighted by Gasteiger charge is -2.48. The van der Waals surface area contributed by atoms with Crippen molar-refractivity contribution in [3.63, 3.8) is 0 Å². The van der Waals surface area contributed by atoms with Crippen molar-refractivity contribution in [1.29, 1.82) is 0 Å². The van der Waals surface area contributed by atoms with E-state index >= 15 is 0 Å². The molecule has 17 unspecified atom stereocenters. The van der Waals surface area contributed by atoms with Crippen LogP contribution >= 0.6 is 0 Å². The molecule has 3 aliphatic heterocycles. The molecule has 1 amide bonds. The lowest BCUT2D eigenvalue weighted by molar-refractivity contribution is -0.379. The Labute approximate surface area is 703 Å². The molecule has 12 N–H and O–H groups in total. The molecule has 3 saturated heterocycles. The van der Waals surface area contributed by atoms with Gasteiger partial charge >= 0.3 is 0 Å². The maximum Gasteiger partial charge on any atom is 0.220 e. The minimum atomic E-state index is -1.98. The molecule has 682 valence electrons.